The van der Waals surface area contributed by atoms with Gasteiger partial charge in [0, 0.05) is 12.2 Å². The summed E-state index contributed by atoms with van der Waals surface area (Å²) in [7, 11) is 0. The third-order valence-corrected chi connectivity index (χ3v) is 3.08. The molecule has 98 valence electrons. The van der Waals surface area contributed by atoms with Crippen LogP contribution < -0.4 is 5.73 Å². The number of imidazole rings is 1. The van der Waals surface area contributed by atoms with E-state index in [2.05, 4.69) is 30.3 Å². The predicted molar refractivity (Wildman–Crippen MR) is 74.1 cm³/mol. The Hall–Kier alpha value is -1.55. The lowest BCUT2D eigenvalue weighted by Gasteiger charge is -2.19. The van der Waals surface area contributed by atoms with E-state index in [4.69, 9.17) is 5.73 Å². The van der Waals surface area contributed by atoms with Gasteiger partial charge in [-0.2, -0.15) is 0 Å². The normalized spacial score (nSPS) is 12.2. The van der Waals surface area contributed by atoms with Gasteiger partial charge in [-0.25, -0.2) is 4.98 Å². The van der Waals surface area contributed by atoms with E-state index in [0.29, 0.717) is 11.5 Å². The Balaban J connectivity index is 2.41. The van der Waals surface area contributed by atoms with Gasteiger partial charge in [0.25, 0.3) is 0 Å². The Kier molecular flexibility index (Phi) is 3.30. The van der Waals surface area contributed by atoms with Crippen molar-refractivity contribution in [2.45, 2.75) is 40.3 Å². The van der Waals surface area contributed by atoms with Crippen LogP contribution in [0.1, 0.15) is 33.0 Å². The van der Waals surface area contributed by atoms with Crippen molar-refractivity contribution in [1.82, 2.24) is 9.55 Å². The summed E-state index contributed by atoms with van der Waals surface area (Å²) in [4.78, 5) is 4.43. The van der Waals surface area contributed by atoms with Crippen LogP contribution in [0.3, 0.4) is 0 Å². The molecule has 0 unspecified atom stereocenters. The molecule has 0 bridgehead atoms. The van der Waals surface area contributed by atoms with Crippen molar-refractivity contribution >= 4 is 16.7 Å². The molecular formula is C14H21N3O. The minimum absolute atomic E-state index is 0.0429. The second kappa shape index (κ2) is 4.61. The Bertz CT molecular complexity index is 552. The molecule has 0 radical (unpaired) electrons. The van der Waals surface area contributed by atoms with Crippen LogP contribution in [0.15, 0.2) is 18.2 Å². The molecule has 18 heavy (non-hydrogen) atoms. The number of nitrogens with two attached hydrogens (primary N) is 1. The molecule has 1 heterocycles. The Morgan fingerprint density at radius 1 is 1.33 bits per heavy atom. The molecule has 4 heteroatoms. The molecule has 0 aliphatic rings. The molecule has 4 nitrogen and oxygen atoms in total. The van der Waals surface area contributed by atoms with E-state index in [-0.39, 0.29) is 12.0 Å². The number of benzene rings is 1. The van der Waals surface area contributed by atoms with E-state index in [9.17, 15) is 5.11 Å². The molecular weight excluding hydrogens is 226 g/mol. The molecule has 0 saturated carbocycles. The van der Waals surface area contributed by atoms with Gasteiger partial charge in [-0.3, -0.25) is 0 Å². The van der Waals surface area contributed by atoms with Crippen molar-refractivity contribution in [3.8, 4) is 0 Å². The van der Waals surface area contributed by atoms with Crippen LogP contribution in [0.2, 0.25) is 0 Å². The van der Waals surface area contributed by atoms with Crippen molar-refractivity contribution in [2.75, 3.05) is 5.73 Å². The molecule has 0 fully saturated rings. The fraction of sp³-hybridized carbons (Fsp3) is 0.500. The summed E-state index contributed by atoms with van der Waals surface area (Å²) >= 11 is 0. The maximum absolute atomic E-state index is 9.40. The van der Waals surface area contributed by atoms with Crippen molar-refractivity contribution in [3.05, 3.63) is 24.0 Å². The molecule has 0 aliphatic carbocycles. The van der Waals surface area contributed by atoms with Gasteiger partial charge < -0.3 is 15.4 Å². The van der Waals surface area contributed by atoms with Crippen molar-refractivity contribution < 1.29 is 5.11 Å². The van der Waals surface area contributed by atoms with E-state index >= 15 is 0 Å². The zero-order valence-electron chi connectivity index (χ0n) is 11.3. The van der Waals surface area contributed by atoms with E-state index < -0.39 is 0 Å². The van der Waals surface area contributed by atoms with Gasteiger partial charge in [0.15, 0.2) is 0 Å². The number of nitrogens with zero attached hydrogens (tertiary/aromatic N) is 2. The van der Waals surface area contributed by atoms with Crippen molar-refractivity contribution in [1.29, 1.82) is 0 Å². The number of nitrogen functional groups attached to an aromatic ring is 1. The van der Waals surface area contributed by atoms with Gasteiger partial charge in [-0.1, -0.05) is 20.8 Å². The smallest absolute Gasteiger partial charge is 0.135 e. The highest BCUT2D eigenvalue weighted by Gasteiger charge is 2.14. The van der Waals surface area contributed by atoms with Gasteiger partial charge in [-0.15, -0.1) is 0 Å². The van der Waals surface area contributed by atoms with E-state index in [1.807, 2.05) is 18.2 Å². The highest BCUT2D eigenvalue weighted by molar-refractivity contribution is 5.79. The second-order valence-corrected chi connectivity index (χ2v) is 5.90. The average Bonchev–Trinajstić information content (AvgIpc) is 2.62. The number of hydrogen-bond acceptors (Lipinski definition) is 3. The maximum atomic E-state index is 9.40. The monoisotopic (exact) mass is 247 g/mol. The van der Waals surface area contributed by atoms with Crippen LogP contribution >= 0.6 is 0 Å². The summed E-state index contributed by atoms with van der Waals surface area (Å²) < 4.78 is 2.08. The van der Waals surface area contributed by atoms with Gasteiger partial charge in [0.05, 0.1) is 11.0 Å². The third kappa shape index (κ3) is 2.64. The lowest BCUT2D eigenvalue weighted by atomic mass is 9.92. The lowest BCUT2D eigenvalue weighted by molar-refractivity contribution is 0.261. The Labute approximate surface area is 107 Å². The van der Waals surface area contributed by atoms with Crippen LogP contribution in [0.25, 0.3) is 11.0 Å². The van der Waals surface area contributed by atoms with E-state index in [0.717, 1.165) is 24.0 Å². The van der Waals surface area contributed by atoms with Gasteiger partial charge >= 0.3 is 0 Å². The largest absolute Gasteiger partial charge is 0.399 e. The molecule has 0 atom stereocenters. The Morgan fingerprint density at radius 3 is 2.67 bits per heavy atom. The highest BCUT2D eigenvalue weighted by atomic mass is 16.3. The van der Waals surface area contributed by atoms with Crippen LogP contribution in [0, 0.1) is 5.41 Å². The van der Waals surface area contributed by atoms with E-state index in [1.54, 1.807) is 0 Å². The standard InChI is InChI=1S/C14H21N3O/c1-14(2,3)6-7-17-12-5-4-10(15)8-11(12)16-13(17)9-18/h4-5,8,18H,6-7,9,15H2,1-3H3. The number of anilines is 1. The van der Waals surface area contributed by atoms with Crippen molar-refractivity contribution in [3.63, 3.8) is 0 Å². The molecule has 2 rings (SSSR count). The first kappa shape index (κ1) is 12.9. The van der Waals surface area contributed by atoms with Gasteiger partial charge in [-0.05, 0) is 30.0 Å². The quantitative estimate of drug-likeness (QED) is 0.819. The number of aliphatic hydroxyl groups is 1. The van der Waals surface area contributed by atoms with Gasteiger partial charge in [0.1, 0.15) is 12.4 Å². The fourth-order valence-electron chi connectivity index (χ4n) is 2.01. The first-order valence-electron chi connectivity index (χ1n) is 6.26. The first-order chi connectivity index (χ1) is 8.40. The highest BCUT2D eigenvalue weighted by Crippen LogP contribution is 2.24. The molecule has 2 aromatic rings. The zero-order valence-corrected chi connectivity index (χ0v) is 11.3. The van der Waals surface area contributed by atoms with Crippen LogP contribution in [-0.2, 0) is 13.2 Å². The number of aryl methyl sites for hydroxylation is 1. The SMILES string of the molecule is CC(C)(C)CCn1c(CO)nc2cc(N)ccc21. The number of aromatic nitrogens is 2. The summed E-state index contributed by atoms with van der Waals surface area (Å²) in [6.45, 7) is 7.45. The van der Waals surface area contributed by atoms with Crippen LogP contribution in [0.5, 0.6) is 0 Å². The second-order valence-electron chi connectivity index (χ2n) is 5.90. The van der Waals surface area contributed by atoms with Crippen LogP contribution in [0.4, 0.5) is 5.69 Å². The van der Waals surface area contributed by atoms with Crippen molar-refractivity contribution in [2.24, 2.45) is 5.41 Å². The zero-order chi connectivity index (χ0) is 13.3. The molecule has 0 amide bonds. The predicted octanol–water partition coefficient (Wildman–Crippen LogP) is 2.55. The number of aliphatic hydroxyl groups excluding tert-OH is 1. The minimum Gasteiger partial charge on any atom is -0.399 e. The summed E-state index contributed by atoms with van der Waals surface area (Å²) in [5, 5.41) is 9.40. The Morgan fingerprint density at radius 2 is 2.06 bits per heavy atom. The van der Waals surface area contributed by atoms with Crippen LogP contribution in [-0.4, -0.2) is 14.7 Å². The maximum Gasteiger partial charge on any atom is 0.135 e. The summed E-state index contributed by atoms with van der Waals surface area (Å²) in [6.07, 6.45) is 1.04. The minimum atomic E-state index is -0.0429. The third-order valence-electron chi connectivity index (χ3n) is 3.08. The molecule has 0 aliphatic heterocycles. The summed E-state index contributed by atoms with van der Waals surface area (Å²) in [5.41, 5.74) is 8.61. The summed E-state index contributed by atoms with van der Waals surface area (Å²) in [5.74, 6) is 0.708. The van der Waals surface area contributed by atoms with E-state index in [1.165, 1.54) is 0 Å². The number of fused-ring (bicyclic) bond motifs is 1. The average molecular weight is 247 g/mol. The number of hydrogen-bond donors (Lipinski definition) is 2. The molecule has 0 saturated heterocycles. The number of rotatable bonds is 3. The molecule has 1 aromatic heterocycles. The molecule has 1 aromatic carbocycles. The summed E-state index contributed by atoms with van der Waals surface area (Å²) in [6, 6.07) is 5.69. The first-order valence-corrected chi connectivity index (χ1v) is 6.26. The topological polar surface area (TPSA) is 64.1 Å². The fourth-order valence-corrected chi connectivity index (χ4v) is 2.01. The van der Waals surface area contributed by atoms with Gasteiger partial charge in [0.2, 0.25) is 0 Å². The molecule has 0 spiro atoms. The lowest BCUT2D eigenvalue weighted by Crippen LogP contribution is -2.12. The molecule has 3 N–H and O–H groups in total.